The number of nitriles is 1. The molecule has 1 amide bonds. The maximum Gasteiger partial charge on any atom is 0.240 e. The number of rotatable bonds is 7. The lowest BCUT2D eigenvalue weighted by Crippen LogP contribution is -2.40. The zero-order valence-electron chi connectivity index (χ0n) is 11.0. The molecule has 0 unspecified atom stereocenters. The first kappa shape index (κ1) is 14.2. The number of aromatic amines is 1. The summed E-state index contributed by atoms with van der Waals surface area (Å²) in [6.45, 7) is 4.31. The number of hydrogen-bond acceptors (Lipinski definition) is 3. The number of H-pyrrole nitrogens is 1. The van der Waals surface area contributed by atoms with Gasteiger partial charge in [0.1, 0.15) is 11.2 Å². The number of nitrogens with one attached hydrogen (secondary N) is 2. The first-order chi connectivity index (χ1) is 8.68. The summed E-state index contributed by atoms with van der Waals surface area (Å²) in [5, 5.41) is 12.1. The summed E-state index contributed by atoms with van der Waals surface area (Å²) < 4.78 is 0. The van der Waals surface area contributed by atoms with Gasteiger partial charge in [-0.1, -0.05) is 26.7 Å². The van der Waals surface area contributed by atoms with Gasteiger partial charge in [-0.25, -0.2) is 4.98 Å². The molecule has 1 aromatic rings. The molecule has 18 heavy (non-hydrogen) atoms. The van der Waals surface area contributed by atoms with Crippen LogP contribution in [0.3, 0.4) is 0 Å². The van der Waals surface area contributed by atoms with Gasteiger partial charge < -0.3 is 10.3 Å². The van der Waals surface area contributed by atoms with Gasteiger partial charge in [-0.3, -0.25) is 4.79 Å². The number of hydrogen-bond donors (Lipinski definition) is 2. The molecule has 0 aromatic carbocycles. The van der Waals surface area contributed by atoms with Crippen LogP contribution in [0.25, 0.3) is 0 Å². The number of aromatic nitrogens is 2. The van der Waals surface area contributed by atoms with Gasteiger partial charge in [0.2, 0.25) is 5.91 Å². The van der Waals surface area contributed by atoms with Gasteiger partial charge in [-0.15, -0.1) is 0 Å². The number of carbonyl (C=O) groups is 1. The van der Waals surface area contributed by atoms with Crippen LogP contribution in [0.4, 0.5) is 0 Å². The highest BCUT2D eigenvalue weighted by atomic mass is 16.2. The molecule has 0 atom stereocenters. The lowest BCUT2D eigenvalue weighted by molar-refractivity contribution is -0.129. The van der Waals surface area contributed by atoms with Crippen molar-refractivity contribution in [1.82, 2.24) is 15.3 Å². The van der Waals surface area contributed by atoms with Crippen LogP contribution in [0.15, 0.2) is 12.4 Å². The van der Waals surface area contributed by atoms with Crippen molar-refractivity contribution >= 4 is 5.91 Å². The van der Waals surface area contributed by atoms with Gasteiger partial charge in [0.05, 0.1) is 12.6 Å². The van der Waals surface area contributed by atoms with E-state index in [9.17, 15) is 10.1 Å². The van der Waals surface area contributed by atoms with Crippen molar-refractivity contribution < 1.29 is 4.79 Å². The first-order valence-electron chi connectivity index (χ1n) is 6.36. The second-order valence-corrected chi connectivity index (χ2v) is 4.41. The minimum Gasteiger partial charge on any atom is -0.347 e. The molecule has 1 rings (SSSR count). The standard InChI is InChI=1S/C13H20N4O/c1-3-5-13(10-14,6-4-2)12(18)17-9-11-15-7-8-16-11/h7-8H,3-6,9H2,1-2H3,(H,15,16)(H,17,18). The predicted octanol–water partition coefficient (Wildman–Crippen LogP) is 2.14. The molecule has 0 spiro atoms. The molecule has 5 nitrogen and oxygen atoms in total. The second-order valence-electron chi connectivity index (χ2n) is 4.41. The van der Waals surface area contributed by atoms with E-state index in [0.29, 0.717) is 25.2 Å². The number of amides is 1. The molecule has 0 bridgehead atoms. The lowest BCUT2D eigenvalue weighted by atomic mass is 9.80. The number of carbonyl (C=O) groups excluding carboxylic acids is 1. The van der Waals surface area contributed by atoms with E-state index < -0.39 is 5.41 Å². The van der Waals surface area contributed by atoms with Crippen molar-refractivity contribution in [1.29, 1.82) is 5.26 Å². The maximum absolute atomic E-state index is 12.2. The quantitative estimate of drug-likeness (QED) is 0.775. The average Bonchev–Trinajstić information content (AvgIpc) is 2.88. The number of imidazole rings is 1. The monoisotopic (exact) mass is 248 g/mol. The average molecular weight is 248 g/mol. The molecule has 0 saturated heterocycles. The molecule has 0 aliphatic heterocycles. The molecule has 1 aromatic heterocycles. The fraction of sp³-hybridized carbons (Fsp3) is 0.615. The van der Waals surface area contributed by atoms with Crippen LogP contribution in [-0.4, -0.2) is 15.9 Å². The van der Waals surface area contributed by atoms with Gasteiger partial charge in [0.25, 0.3) is 0 Å². The Morgan fingerprint density at radius 3 is 2.61 bits per heavy atom. The summed E-state index contributed by atoms with van der Waals surface area (Å²) in [5.74, 6) is 0.508. The zero-order valence-corrected chi connectivity index (χ0v) is 11.0. The highest BCUT2D eigenvalue weighted by Gasteiger charge is 2.36. The van der Waals surface area contributed by atoms with Crippen LogP contribution in [0, 0.1) is 16.7 Å². The Bertz CT molecular complexity index is 399. The smallest absolute Gasteiger partial charge is 0.240 e. The Morgan fingerprint density at radius 1 is 1.50 bits per heavy atom. The van der Waals surface area contributed by atoms with Crippen molar-refractivity contribution in [3.63, 3.8) is 0 Å². The molecule has 1 heterocycles. The third-order valence-corrected chi connectivity index (χ3v) is 2.97. The van der Waals surface area contributed by atoms with Crippen molar-refractivity contribution in [3.05, 3.63) is 18.2 Å². The highest BCUT2D eigenvalue weighted by Crippen LogP contribution is 2.29. The van der Waals surface area contributed by atoms with E-state index in [4.69, 9.17) is 0 Å². The molecule has 0 radical (unpaired) electrons. The summed E-state index contributed by atoms with van der Waals surface area (Å²) in [7, 11) is 0. The lowest BCUT2D eigenvalue weighted by Gasteiger charge is -2.24. The van der Waals surface area contributed by atoms with Crippen LogP contribution in [0.1, 0.15) is 45.4 Å². The predicted molar refractivity (Wildman–Crippen MR) is 68.3 cm³/mol. The summed E-state index contributed by atoms with van der Waals surface area (Å²) in [6.07, 6.45) is 6.18. The molecule has 2 N–H and O–H groups in total. The van der Waals surface area contributed by atoms with E-state index in [1.54, 1.807) is 12.4 Å². The van der Waals surface area contributed by atoms with Crippen molar-refractivity contribution in [2.45, 2.75) is 46.1 Å². The van der Waals surface area contributed by atoms with Crippen LogP contribution in [0.5, 0.6) is 0 Å². The minimum atomic E-state index is -0.893. The Balaban J connectivity index is 2.67. The summed E-state index contributed by atoms with van der Waals surface area (Å²) in [6, 6.07) is 2.20. The van der Waals surface area contributed by atoms with E-state index in [1.165, 1.54) is 0 Å². The SMILES string of the molecule is CCCC(C#N)(CCC)C(=O)NCc1ncc[nH]1. The van der Waals surface area contributed by atoms with E-state index in [-0.39, 0.29) is 5.91 Å². The number of nitrogens with zero attached hydrogens (tertiary/aromatic N) is 2. The van der Waals surface area contributed by atoms with Crippen molar-refractivity contribution in [3.8, 4) is 6.07 Å². The molecule has 5 heteroatoms. The van der Waals surface area contributed by atoms with Crippen LogP contribution < -0.4 is 5.32 Å². The third kappa shape index (κ3) is 3.33. The molecule has 98 valence electrons. The molecule has 0 saturated carbocycles. The van der Waals surface area contributed by atoms with Gasteiger partial charge >= 0.3 is 0 Å². The van der Waals surface area contributed by atoms with Crippen LogP contribution >= 0.6 is 0 Å². The van der Waals surface area contributed by atoms with E-state index in [2.05, 4.69) is 21.4 Å². The Morgan fingerprint density at radius 2 is 2.17 bits per heavy atom. The van der Waals surface area contributed by atoms with Gasteiger partial charge in [-0.05, 0) is 12.8 Å². The van der Waals surface area contributed by atoms with Gasteiger partial charge in [0, 0.05) is 12.4 Å². The molecule has 0 aliphatic rings. The van der Waals surface area contributed by atoms with Gasteiger partial charge in [0.15, 0.2) is 0 Å². The Kier molecular flexibility index (Phi) is 5.37. The highest BCUT2D eigenvalue weighted by molar-refractivity contribution is 5.85. The Labute approximate surface area is 108 Å². The molecular formula is C13H20N4O. The molecular weight excluding hydrogens is 228 g/mol. The fourth-order valence-electron chi connectivity index (χ4n) is 2.10. The van der Waals surface area contributed by atoms with Crippen molar-refractivity contribution in [2.75, 3.05) is 0 Å². The summed E-state index contributed by atoms with van der Waals surface area (Å²) >= 11 is 0. The fourth-order valence-corrected chi connectivity index (χ4v) is 2.10. The molecule has 0 fully saturated rings. The van der Waals surface area contributed by atoms with Crippen molar-refractivity contribution in [2.24, 2.45) is 5.41 Å². The van der Waals surface area contributed by atoms with E-state index >= 15 is 0 Å². The van der Waals surface area contributed by atoms with Crippen LogP contribution in [0.2, 0.25) is 0 Å². The van der Waals surface area contributed by atoms with Gasteiger partial charge in [-0.2, -0.15) is 5.26 Å². The third-order valence-electron chi connectivity index (χ3n) is 2.97. The largest absolute Gasteiger partial charge is 0.347 e. The van der Waals surface area contributed by atoms with E-state index in [1.807, 2.05) is 13.8 Å². The Hall–Kier alpha value is -1.83. The van der Waals surface area contributed by atoms with Crippen LogP contribution in [-0.2, 0) is 11.3 Å². The topological polar surface area (TPSA) is 81.6 Å². The summed E-state index contributed by atoms with van der Waals surface area (Å²) in [4.78, 5) is 19.1. The van der Waals surface area contributed by atoms with E-state index in [0.717, 1.165) is 12.8 Å². The second kappa shape index (κ2) is 6.80. The summed E-state index contributed by atoms with van der Waals surface area (Å²) in [5.41, 5.74) is -0.893. The maximum atomic E-state index is 12.2. The minimum absolute atomic E-state index is 0.190. The molecule has 0 aliphatic carbocycles. The zero-order chi connectivity index (χ0) is 13.4. The normalized spacial score (nSPS) is 10.9. The first-order valence-corrected chi connectivity index (χ1v) is 6.36.